The second-order valence-electron chi connectivity index (χ2n) is 3.29. The summed E-state index contributed by atoms with van der Waals surface area (Å²) in [5.74, 6) is -0.421. The Labute approximate surface area is 104 Å². The first-order valence-corrected chi connectivity index (χ1v) is 5.82. The van der Waals surface area contributed by atoms with Gasteiger partial charge in [-0.05, 0) is 13.3 Å². The van der Waals surface area contributed by atoms with E-state index in [-0.39, 0.29) is 19.6 Å². The van der Waals surface area contributed by atoms with E-state index >= 15 is 0 Å². The van der Waals surface area contributed by atoms with E-state index in [2.05, 4.69) is 9.47 Å². The van der Waals surface area contributed by atoms with E-state index in [1.54, 1.807) is 6.92 Å². The molecule has 0 radical (unpaired) electrons. The number of ether oxygens (including phenoxy) is 3. The van der Waals surface area contributed by atoms with E-state index < -0.39 is 16.2 Å². The summed E-state index contributed by atoms with van der Waals surface area (Å²) in [6.07, 6.45) is 0.490. The Bertz CT molecular complexity index is 270. The third-order valence-corrected chi connectivity index (χ3v) is 3.68. The molecule has 7 heteroatoms. The van der Waals surface area contributed by atoms with Crippen molar-refractivity contribution in [1.82, 2.24) is 0 Å². The molecular weight excluding hydrogens is 248 g/mol. The summed E-state index contributed by atoms with van der Waals surface area (Å²) in [6, 6.07) is 0. The highest BCUT2D eigenvalue weighted by molar-refractivity contribution is 8.01. The van der Waals surface area contributed by atoms with Gasteiger partial charge in [0.05, 0.1) is 7.11 Å². The van der Waals surface area contributed by atoms with E-state index in [0.717, 1.165) is 11.8 Å². The standard InChI is InChI=1S/C10H16O6S/c1-4-10(2,9(13)14-3)17-8(16-7-12)5-15-6-11/h6-8H,4-5H2,1-3H3. The average Bonchev–Trinajstić information content (AvgIpc) is 2.34. The van der Waals surface area contributed by atoms with Gasteiger partial charge in [-0.1, -0.05) is 18.7 Å². The first-order valence-electron chi connectivity index (χ1n) is 4.94. The summed E-state index contributed by atoms with van der Waals surface area (Å²) < 4.78 is 13.1. The molecule has 6 nitrogen and oxygen atoms in total. The first-order chi connectivity index (χ1) is 8.03. The van der Waals surface area contributed by atoms with Crippen LogP contribution in [0.25, 0.3) is 0 Å². The molecule has 0 rings (SSSR count). The Morgan fingerprint density at radius 2 is 2.06 bits per heavy atom. The van der Waals surface area contributed by atoms with Crippen molar-refractivity contribution in [3.8, 4) is 0 Å². The summed E-state index contributed by atoms with van der Waals surface area (Å²) in [5, 5.41) is 0. The lowest BCUT2D eigenvalue weighted by Crippen LogP contribution is -2.36. The van der Waals surface area contributed by atoms with Crippen LogP contribution in [0.3, 0.4) is 0 Å². The topological polar surface area (TPSA) is 78.9 Å². The van der Waals surface area contributed by atoms with Gasteiger partial charge in [-0.2, -0.15) is 0 Å². The van der Waals surface area contributed by atoms with Crippen LogP contribution in [0.2, 0.25) is 0 Å². The fourth-order valence-corrected chi connectivity index (χ4v) is 2.24. The summed E-state index contributed by atoms with van der Waals surface area (Å²) in [5.41, 5.74) is -0.734. The van der Waals surface area contributed by atoms with E-state index in [1.165, 1.54) is 7.11 Å². The quantitative estimate of drug-likeness (QED) is 0.263. The molecule has 0 saturated heterocycles. The number of thioether (sulfide) groups is 1. The van der Waals surface area contributed by atoms with Crippen LogP contribution in [-0.2, 0) is 28.6 Å². The van der Waals surface area contributed by atoms with Crippen LogP contribution in [0, 0.1) is 0 Å². The fraction of sp³-hybridized carbons (Fsp3) is 0.700. The molecule has 17 heavy (non-hydrogen) atoms. The number of carbonyl (C=O) groups excluding carboxylic acids is 3. The van der Waals surface area contributed by atoms with Gasteiger partial charge in [0.15, 0.2) is 5.44 Å². The van der Waals surface area contributed by atoms with Gasteiger partial charge in [0.25, 0.3) is 12.9 Å². The number of hydrogen-bond acceptors (Lipinski definition) is 7. The van der Waals surface area contributed by atoms with Gasteiger partial charge in [0, 0.05) is 0 Å². The highest BCUT2D eigenvalue weighted by Crippen LogP contribution is 2.34. The van der Waals surface area contributed by atoms with Gasteiger partial charge >= 0.3 is 5.97 Å². The zero-order chi connectivity index (χ0) is 13.3. The molecule has 0 aromatic rings. The van der Waals surface area contributed by atoms with Crippen molar-refractivity contribution in [2.24, 2.45) is 0 Å². The number of esters is 1. The molecular formula is C10H16O6S. The molecule has 0 fully saturated rings. The Kier molecular flexibility index (Phi) is 7.36. The number of rotatable bonds is 9. The minimum Gasteiger partial charge on any atom is -0.468 e. The van der Waals surface area contributed by atoms with Crippen molar-refractivity contribution >= 4 is 30.7 Å². The molecule has 0 N–H and O–H groups in total. The largest absolute Gasteiger partial charge is 0.468 e. The van der Waals surface area contributed by atoms with Gasteiger partial charge in [0.2, 0.25) is 0 Å². The molecule has 0 aliphatic carbocycles. The SMILES string of the molecule is CCC(C)(SC(COC=O)OC=O)C(=O)OC. The third-order valence-electron chi connectivity index (χ3n) is 2.19. The number of carbonyl (C=O) groups is 3. The molecule has 0 spiro atoms. The predicted molar refractivity (Wildman–Crippen MR) is 61.3 cm³/mol. The van der Waals surface area contributed by atoms with Crippen molar-refractivity contribution in [1.29, 1.82) is 0 Å². The van der Waals surface area contributed by atoms with Crippen LogP contribution in [-0.4, -0.2) is 42.8 Å². The lowest BCUT2D eigenvalue weighted by Gasteiger charge is -2.27. The van der Waals surface area contributed by atoms with Gasteiger partial charge < -0.3 is 14.2 Å². The predicted octanol–water partition coefficient (Wildman–Crippen LogP) is 0.733. The minimum atomic E-state index is -0.853. The second-order valence-corrected chi connectivity index (χ2v) is 4.95. The van der Waals surface area contributed by atoms with Crippen LogP contribution in [0.5, 0.6) is 0 Å². The van der Waals surface area contributed by atoms with Crippen molar-refractivity contribution in [3.63, 3.8) is 0 Å². The number of methoxy groups -OCH3 is 1. The van der Waals surface area contributed by atoms with Crippen molar-refractivity contribution in [2.45, 2.75) is 30.5 Å². The molecule has 0 aromatic carbocycles. The molecule has 0 amide bonds. The van der Waals surface area contributed by atoms with Crippen LogP contribution >= 0.6 is 11.8 Å². The Morgan fingerprint density at radius 3 is 2.47 bits per heavy atom. The zero-order valence-electron chi connectivity index (χ0n) is 10.0. The zero-order valence-corrected chi connectivity index (χ0v) is 10.8. The normalized spacial score (nSPS) is 15.2. The smallest absolute Gasteiger partial charge is 0.321 e. The lowest BCUT2D eigenvalue weighted by atomic mass is 10.1. The van der Waals surface area contributed by atoms with Gasteiger partial charge in [0.1, 0.15) is 11.4 Å². The van der Waals surface area contributed by atoms with E-state index in [9.17, 15) is 14.4 Å². The molecule has 98 valence electrons. The third kappa shape index (κ3) is 5.08. The summed E-state index contributed by atoms with van der Waals surface area (Å²) in [6.45, 7) is 3.87. The minimum absolute atomic E-state index is 0.112. The van der Waals surface area contributed by atoms with Crippen LogP contribution in [0.4, 0.5) is 0 Å². The summed E-state index contributed by atoms with van der Waals surface area (Å²) in [7, 11) is 1.29. The Hall–Kier alpha value is -1.24. The molecule has 2 unspecified atom stereocenters. The number of hydrogen-bond donors (Lipinski definition) is 0. The molecule has 0 bridgehead atoms. The maximum absolute atomic E-state index is 11.6. The molecule has 0 aliphatic rings. The summed E-state index contributed by atoms with van der Waals surface area (Å²) >= 11 is 1.08. The van der Waals surface area contributed by atoms with E-state index in [0.29, 0.717) is 6.42 Å². The van der Waals surface area contributed by atoms with Crippen LogP contribution in [0.15, 0.2) is 0 Å². The Morgan fingerprint density at radius 1 is 1.41 bits per heavy atom. The van der Waals surface area contributed by atoms with Crippen molar-refractivity contribution in [2.75, 3.05) is 13.7 Å². The van der Waals surface area contributed by atoms with E-state index in [4.69, 9.17) is 4.74 Å². The highest BCUT2D eigenvalue weighted by atomic mass is 32.2. The molecule has 0 aromatic heterocycles. The lowest BCUT2D eigenvalue weighted by molar-refractivity contribution is -0.143. The molecule has 0 heterocycles. The van der Waals surface area contributed by atoms with Gasteiger partial charge in [-0.3, -0.25) is 14.4 Å². The first kappa shape index (κ1) is 15.8. The average molecular weight is 264 g/mol. The molecule has 0 saturated carbocycles. The van der Waals surface area contributed by atoms with Gasteiger partial charge in [-0.25, -0.2) is 0 Å². The molecule has 2 atom stereocenters. The van der Waals surface area contributed by atoms with Gasteiger partial charge in [-0.15, -0.1) is 0 Å². The highest BCUT2D eigenvalue weighted by Gasteiger charge is 2.37. The Balaban J connectivity index is 4.61. The van der Waals surface area contributed by atoms with Crippen LogP contribution in [0.1, 0.15) is 20.3 Å². The van der Waals surface area contributed by atoms with Crippen LogP contribution < -0.4 is 0 Å². The monoisotopic (exact) mass is 264 g/mol. The van der Waals surface area contributed by atoms with Crippen molar-refractivity contribution < 1.29 is 28.6 Å². The summed E-state index contributed by atoms with van der Waals surface area (Å²) in [4.78, 5) is 31.9. The second kappa shape index (κ2) is 7.94. The van der Waals surface area contributed by atoms with E-state index in [1.807, 2.05) is 6.92 Å². The molecule has 0 aliphatic heterocycles. The fourth-order valence-electron chi connectivity index (χ4n) is 1.06. The maximum Gasteiger partial charge on any atom is 0.321 e. The maximum atomic E-state index is 11.6. The van der Waals surface area contributed by atoms with Crippen molar-refractivity contribution in [3.05, 3.63) is 0 Å².